The van der Waals surface area contributed by atoms with Gasteiger partial charge in [-0.2, -0.15) is 0 Å². The summed E-state index contributed by atoms with van der Waals surface area (Å²) in [6, 6.07) is 8.12. The van der Waals surface area contributed by atoms with E-state index in [2.05, 4.69) is 22.3 Å². The van der Waals surface area contributed by atoms with Gasteiger partial charge in [0.25, 0.3) is 0 Å². The maximum atomic E-state index is 12.8. The first-order chi connectivity index (χ1) is 14.8. The monoisotopic (exact) mass is 464 g/mol. The molecule has 1 saturated heterocycles. The lowest BCUT2D eigenvalue weighted by molar-refractivity contribution is 0.0632. The zero-order chi connectivity index (χ0) is 21.8. The molecule has 1 aromatic carbocycles. The molecule has 0 aromatic heterocycles. The fourth-order valence-electron chi connectivity index (χ4n) is 4.99. The van der Waals surface area contributed by atoms with E-state index in [1.807, 2.05) is 24.1 Å². The number of amidine groups is 1. The molecule has 0 amide bonds. The SMILES string of the molecule is CN1C2=C(C(NC3(CO)CC3)=NC1N1CCC(c3ccc(Cl)cc3)CC1)S(=O)(=O)CC2. The molecule has 5 rings (SSSR count). The molecule has 4 aliphatic rings. The number of likely N-dealkylation sites (tertiary alicyclic amines) is 1. The number of halogens is 1. The Morgan fingerprint density at radius 3 is 2.52 bits per heavy atom. The van der Waals surface area contributed by atoms with Gasteiger partial charge in [-0.15, -0.1) is 0 Å². The number of sulfone groups is 1. The number of nitrogens with zero attached hydrogens (tertiary/aromatic N) is 3. The van der Waals surface area contributed by atoms with Crippen LogP contribution < -0.4 is 5.32 Å². The van der Waals surface area contributed by atoms with Crippen LogP contribution in [0.15, 0.2) is 39.9 Å². The van der Waals surface area contributed by atoms with Gasteiger partial charge in [-0.3, -0.25) is 4.90 Å². The lowest BCUT2D eigenvalue weighted by Crippen LogP contribution is -2.53. The summed E-state index contributed by atoms with van der Waals surface area (Å²) in [6.07, 6.45) is 3.99. The number of allylic oxidation sites excluding steroid dienone is 1. The van der Waals surface area contributed by atoms with Crippen LogP contribution >= 0.6 is 11.6 Å². The molecule has 0 radical (unpaired) electrons. The number of piperidine rings is 1. The van der Waals surface area contributed by atoms with Crippen LogP contribution in [-0.2, 0) is 9.84 Å². The summed E-state index contributed by atoms with van der Waals surface area (Å²) in [5.74, 6) is 1.07. The Bertz CT molecular complexity index is 1030. The average Bonchev–Trinajstić information content (AvgIpc) is 3.46. The number of hydrogen-bond acceptors (Lipinski definition) is 7. The molecular weight excluding hydrogens is 436 g/mol. The second kappa shape index (κ2) is 7.76. The Kier molecular flexibility index (Phi) is 5.32. The fraction of sp³-hybridized carbons (Fsp3) is 0.591. The van der Waals surface area contributed by atoms with E-state index < -0.39 is 15.4 Å². The van der Waals surface area contributed by atoms with E-state index in [9.17, 15) is 13.5 Å². The van der Waals surface area contributed by atoms with Gasteiger partial charge in [0.15, 0.2) is 16.1 Å². The topological polar surface area (TPSA) is 85.2 Å². The van der Waals surface area contributed by atoms with Crippen molar-refractivity contribution in [3.8, 4) is 0 Å². The molecule has 3 heterocycles. The predicted octanol–water partition coefficient (Wildman–Crippen LogP) is 2.29. The molecule has 0 spiro atoms. The molecule has 1 saturated carbocycles. The Hall–Kier alpha value is -1.61. The van der Waals surface area contributed by atoms with Gasteiger partial charge in [-0.25, -0.2) is 13.4 Å². The molecule has 3 aliphatic heterocycles. The molecule has 2 fully saturated rings. The number of nitrogens with one attached hydrogen (secondary N) is 1. The normalized spacial score (nSPS) is 27.8. The third-order valence-electron chi connectivity index (χ3n) is 7.15. The average molecular weight is 465 g/mol. The molecule has 0 bridgehead atoms. The highest BCUT2D eigenvalue weighted by atomic mass is 35.5. The van der Waals surface area contributed by atoms with Gasteiger partial charge in [0.1, 0.15) is 10.7 Å². The third kappa shape index (κ3) is 3.88. The van der Waals surface area contributed by atoms with Gasteiger partial charge in [-0.1, -0.05) is 23.7 Å². The summed E-state index contributed by atoms with van der Waals surface area (Å²) < 4.78 is 25.5. The molecule has 1 atom stereocenters. The maximum absolute atomic E-state index is 12.8. The minimum Gasteiger partial charge on any atom is -0.394 e. The number of rotatable bonds is 4. The Morgan fingerprint density at radius 2 is 1.90 bits per heavy atom. The predicted molar refractivity (Wildman–Crippen MR) is 122 cm³/mol. The Morgan fingerprint density at radius 1 is 1.23 bits per heavy atom. The second-order valence-electron chi connectivity index (χ2n) is 9.20. The minimum atomic E-state index is -3.35. The quantitative estimate of drug-likeness (QED) is 0.711. The molecule has 31 heavy (non-hydrogen) atoms. The second-order valence-corrected chi connectivity index (χ2v) is 11.7. The summed E-state index contributed by atoms with van der Waals surface area (Å²) in [4.78, 5) is 9.60. The summed E-state index contributed by atoms with van der Waals surface area (Å²) in [6.45, 7) is 1.76. The van der Waals surface area contributed by atoms with E-state index >= 15 is 0 Å². The molecule has 1 unspecified atom stereocenters. The molecule has 1 aliphatic carbocycles. The minimum absolute atomic E-state index is 0.0122. The number of aliphatic hydroxyl groups excluding tert-OH is 1. The zero-order valence-corrected chi connectivity index (χ0v) is 19.3. The first-order valence-corrected chi connectivity index (χ1v) is 13.0. The summed E-state index contributed by atoms with van der Waals surface area (Å²) in [7, 11) is -1.40. The van der Waals surface area contributed by atoms with Crippen molar-refractivity contribution in [2.45, 2.75) is 49.9 Å². The molecule has 168 valence electrons. The van der Waals surface area contributed by atoms with E-state index in [-0.39, 0.29) is 18.6 Å². The van der Waals surface area contributed by atoms with Crippen LogP contribution in [0.3, 0.4) is 0 Å². The first kappa shape index (κ1) is 21.2. The number of aliphatic imine (C=N–C) groups is 1. The highest BCUT2D eigenvalue weighted by Crippen LogP contribution is 2.40. The van der Waals surface area contributed by atoms with E-state index in [1.165, 1.54) is 5.56 Å². The molecule has 1 aromatic rings. The highest BCUT2D eigenvalue weighted by Gasteiger charge is 2.48. The van der Waals surface area contributed by atoms with Crippen molar-refractivity contribution in [2.75, 3.05) is 32.5 Å². The van der Waals surface area contributed by atoms with Gasteiger partial charge in [0.05, 0.1) is 17.9 Å². The van der Waals surface area contributed by atoms with Crippen molar-refractivity contribution in [1.29, 1.82) is 0 Å². The Balaban J connectivity index is 1.37. The molecule has 7 nitrogen and oxygen atoms in total. The van der Waals surface area contributed by atoms with Crippen LogP contribution in [0.5, 0.6) is 0 Å². The van der Waals surface area contributed by atoms with Gasteiger partial charge >= 0.3 is 0 Å². The maximum Gasteiger partial charge on any atom is 0.184 e. The van der Waals surface area contributed by atoms with Crippen molar-refractivity contribution in [1.82, 2.24) is 15.1 Å². The van der Waals surface area contributed by atoms with Crippen molar-refractivity contribution in [3.63, 3.8) is 0 Å². The smallest absolute Gasteiger partial charge is 0.184 e. The largest absolute Gasteiger partial charge is 0.394 e. The van der Waals surface area contributed by atoms with Gasteiger partial charge in [0.2, 0.25) is 0 Å². The van der Waals surface area contributed by atoms with Gasteiger partial charge in [-0.05, 0) is 49.3 Å². The standard InChI is InChI=1S/C22H29ClN4O3S/c1-26-18-8-13-31(29,30)19(18)20(25-22(14-28)9-10-22)24-21(26)27-11-6-16(7-12-27)15-2-4-17(23)5-3-15/h2-5,16,21,28H,6-14H2,1H3,(H,24,25). The molecule has 9 heteroatoms. The third-order valence-corrected chi connectivity index (χ3v) is 9.19. The Labute approximate surface area is 188 Å². The number of hydrogen-bond donors (Lipinski definition) is 2. The van der Waals surface area contributed by atoms with Crippen molar-refractivity contribution >= 4 is 27.3 Å². The number of aliphatic hydroxyl groups is 1. The van der Waals surface area contributed by atoms with Crippen LogP contribution in [0.25, 0.3) is 0 Å². The van der Waals surface area contributed by atoms with Crippen LogP contribution in [0.4, 0.5) is 0 Å². The number of benzene rings is 1. The van der Waals surface area contributed by atoms with Crippen LogP contribution in [0.1, 0.15) is 43.6 Å². The summed E-state index contributed by atoms with van der Waals surface area (Å²) in [5.41, 5.74) is 1.74. The first-order valence-electron chi connectivity index (χ1n) is 11.0. The van der Waals surface area contributed by atoms with E-state index in [4.69, 9.17) is 16.6 Å². The van der Waals surface area contributed by atoms with Gasteiger partial charge < -0.3 is 15.3 Å². The zero-order valence-electron chi connectivity index (χ0n) is 17.7. The molecule has 2 N–H and O–H groups in total. The lowest BCUT2D eigenvalue weighted by Gasteiger charge is -2.43. The van der Waals surface area contributed by atoms with Crippen molar-refractivity contribution in [3.05, 3.63) is 45.5 Å². The lowest BCUT2D eigenvalue weighted by atomic mass is 9.89. The van der Waals surface area contributed by atoms with Crippen molar-refractivity contribution < 1.29 is 13.5 Å². The fourth-order valence-corrected chi connectivity index (χ4v) is 6.78. The van der Waals surface area contributed by atoms with E-state index in [0.29, 0.717) is 23.1 Å². The van der Waals surface area contributed by atoms with Crippen LogP contribution in [0.2, 0.25) is 5.02 Å². The van der Waals surface area contributed by atoms with E-state index in [0.717, 1.165) is 49.5 Å². The van der Waals surface area contributed by atoms with Crippen molar-refractivity contribution in [2.24, 2.45) is 4.99 Å². The van der Waals surface area contributed by atoms with Gasteiger partial charge in [0, 0.05) is 37.3 Å². The summed E-state index contributed by atoms with van der Waals surface area (Å²) in [5, 5.41) is 13.8. The summed E-state index contributed by atoms with van der Waals surface area (Å²) >= 11 is 6.03. The van der Waals surface area contributed by atoms with Crippen LogP contribution in [0, 0.1) is 0 Å². The molecular formula is C22H29ClN4O3S. The highest BCUT2D eigenvalue weighted by molar-refractivity contribution is 7.96. The van der Waals surface area contributed by atoms with Crippen LogP contribution in [-0.4, -0.2) is 73.5 Å². The van der Waals surface area contributed by atoms with E-state index in [1.54, 1.807) is 0 Å².